The summed E-state index contributed by atoms with van der Waals surface area (Å²) in [4.78, 5) is 18.4. The Morgan fingerprint density at radius 1 is 1.38 bits per heavy atom. The molecule has 2 heterocycles. The average Bonchev–Trinajstić information content (AvgIpc) is 3.13. The summed E-state index contributed by atoms with van der Waals surface area (Å²) in [6.07, 6.45) is 1.99. The van der Waals surface area contributed by atoms with Crippen molar-refractivity contribution in [3.8, 4) is 0 Å². The number of carbonyl (C=O) groups excluding carboxylic acids is 1. The lowest BCUT2D eigenvalue weighted by atomic mass is 9.95. The molecule has 1 amide bonds. The molecule has 0 spiro atoms. The van der Waals surface area contributed by atoms with E-state index >= 15 is 0 Å². The summed E-state index contributed by atoms with van der Waals surface area (Å²) in [5.74, 6) is 0.721. The number of carbonyl (C=O) groups is 1. The van der Waals surface area contributed by atoms with Crippen LogP contribution in [0.1, 0.15) is 34.7 Å². The molecule has 0 radical (unpaired) electrons. The standard InChI is InChI=1S/C16H19N3O2/c1-2-14-15(18-10-21-14)16(20)19-8-12(13(17)9-19)11-6-4-3-5-7-11/h3-7,10,12-13H,2,8-9,17H2,1H3/t12-,13+/m0/s1. The van der Waals surface area contributed by atoms with E-state index in [1.807, 2.05) is 25.1 Å². The predicted octanol–water partition coefficient (Wildman–Crippen LogP) is 1.80. The van der Waals surface area contributed by atoms with Crippen LogP contribution in [0.3, 0.4) is 0 Å². The number of oxazole rings is 1. The highest BCUT2D eigenvalue weighted by Gasteiger charge is 2.35. The van der Waals surface area contributed by atoms with Crippen molar-refractivity contribution in [2.75, 3.05) is 13.1 Å². The third kappa shape index (κ3) is 2.56. The van der Waals surface area contributed by atoms with Crippen LogP contribution in [0.25, 0.3) is 0 Å². The minimum atomic E-state index is -0.0884. The van der Waals surface area contributed by atoms with Gasteiger partial charge in [-0.05, 0) is 5.56 Å². The van der Waals surface area contributed by atoms with E-state index in [9.17, 15) is 4.79 Å². The normalized spacial score (nSPS) is 21.7. The zero-order chi connectivity index (χ0) is 14.8. The second-order valence-electron chi connectivity index (χ2n) is 5.37. The first kappa shape index (κ1) is 13.8. The molecular weight excluding hydrogens is 266 g/mol. The predicted molar refractivity (Wildman–Crippen MR) is 78.9 cm³/mol. The lowest BCUT2D eigenvalue weighted by molar-refractivity contribution is 0.0782. The summed E-state index contributed by atoms with van der Waals surface area (Å²) in [6.45, 7) is 3.12. The number of aromatic nitrogens is 1. The highest BCUT2D eigenvalue weighted by Crippen LogP contribution is 2.27. The van der Waals surface area contributed by atoms with Crippen LogP contribution in [-0.2, 0) is 6.42 Å². The summed E-state index contributed by atoms with van der Waals surface area (Å²) < 4.78 is 5.24. The quantitative estimate of drug-likeness (QED) is 0.933. The Bertz CT molecular complexity index is 623. The Hall–Kier alpha value is -2.14. The Morgan fingerprint density at radius 2 is 2.14 bits per heavy atom. The Balaban J connectivity index is 1.78. The van der Waals surface area contributed by atoms with Gasteiger partial charge in [0.25, 0.3) is 5.91 Å². The molecule has 3 rings (SSSR count). The lowest BCUT2D eigenvalue weighted by Crippen LogP contribution is -2.32. The van der Waals surface area contributed by atoms with E-state index in [2.05, 4.69) is 17.1 Å². The van der Waals surface area contributed by atoms with Crippen molar-refractivity contribution in [1.82, 2.24) is 9.88 Å². The topological polar surface area (TPSA) is 72.4 Å². The molecule has 0 unspecified atom stereocenters. The van der Waals surface area contributed by atoms with Crippen molar-refractivity contribution in [1.29, 1.82) is 0 Å². The van der Waals surface area contributed by atoms with E-state index < -0.39 is 0 Å². The van der Waals surface area contributed by atoms with Crippen molar-refractivity contribution in [3.63, 3.8) is 0 Å². The van der Waals surface area contributed by atoms with E-state index in [4.69, 9.17) is 10.2 Å². The van der Waals surface area contributed by atoms with Crippen molar-refractivity contribution >= 4 is 5.91 Å². The minimum Gasteiger partial charge on any atom is -0.448 e. The molecule has 0 bridgehead atoms. The van der Waals surface area contributed by atoms with Gasteiger partial charge in [-0.15, -0.1) is 0 Å². The largest absolute Gasteiger partial charge is 0.448 e. The van der Waals surface area contributed by atoms with Crippen LogP contribution < -0.4 is 5.73 Å². The number of nitrogens with two attached hydrogens (primary N) is 1. The van der Waals surface area contributed by atoms with Crippen LogP contribution in [-0.4, -0.2) is 34.9 Å². The highest BCUT2D eigenvalue weighted by molar-refractivity contribution is 5.93. The number of hydrogen-bond donors (Lipinski definition) is 1. The van der Waals surface area contributed by atoms with E-state index in [1.165, 1.54) is 12.0 Å². The van der Waals surface area contributed by atoms with E-state index in [0.29, 0.717) is 31.0 Å². The summed E-state index contributed by atoms with van der Waals surface area (Å²) >= 11 is 0. The fraction of sp³-hybridized carbons (Fsp3) is 0.375. The zero-order valence-corrected chi connectivity index (χ0v) is 12.0. The van der Waals surface area contributed by atoms with Gasteiger partial charge in [0.2, 0.25) is 0 Å². The monoisotopic (exact) mass is 285 g/mol. The van der Waals surface area contributed by atoms with Gasteiger partial charge >= 0.3 is 0 Å². The Labute approximate surface area is 123 Å². The van der Waals surface area contributed by atoms with Crippen LogP contribution in [0.4, 0.5) is 0 Å². The number of likely N-dealkylation sites (tertiary alicyclic amines) is 1. The molecule has 2 N–H and O–H groups in total. The van der Waals surface area contributed by atoms with Gasteiger partial charge in [-0.1, -0.05) is 37.3 Å². The maximum Gasteiger partial charge on any atom is 0.276 e. The molecule has 1 aliphatic heterocycles. The van der Waals surface area contributed by atoms with Gasteiger partial charge in [-0.2, -0.15) is 0 Å². The molecule has 0 saturated carbocycles. The molecule has 0 aliphatic carbocycles. The van der Waals surface area contributed by atoms with Gasteiger partial charge in [0, 0.05) is 31.5 Å². The molecule has 5 nitrogen and oxygen atoms in total. The lowest BCUT2D eigenvalue weighted by Gasteiger charge is -2.15. The number of nitrogens with zero attached hydrogens (tertiary/aromatic N) is 2. The molecule has 1 aromatic carbocycles. The summed E-state index contributed by atoms with van der Waals surface area (Å²) in [7, 11) is 0. The van der Waals surface area contributed by atoms with E-state index in [-0.39, 0.29) is 17.9 Å². The van der Waals surface area contributed by atoms with Gasteiger partial charge in [-0.25, -0.2) is 4.98 Å². The van der Waals surface area contributed by atoms with E-state index in [1.54, 1.807) is 4.90 Å². The van der Waals surface area contributed by atoms with Crippen molar-refractivity contribution in [2.24, 2.45) is 5.73 Å². The van der Waals surface area contributed by atoms with Gasteiger partial charge in [0.05, 0.1) is 0 Å². The first-order valence-corrected chi connectivity index (χ1v) is 7.23. The van der Waals surface area contributed by atoms with Crippen LogP contribution in [0.2, 0.25) is 0 Å². The first-order valence-electron chi connectivity index (χ1n) is 7.23. The number of benzene rings is 1. The molecule has 1 fully saturated rings. The molecular formula is C16H19N3O2. The fourth-order valence-electron chi connectivity index (χ4n) is 2.89. The van der Waals surface area contributed by atoms with Crippen LogP contribution in [0.15, 0.2) is 41.1 Å². The maximum atomic E-state index is 12.6. The third-order valence-corrected chi connectivity index (χ3v) is 4.04. The van der Waals surface area contributed by atoms with Crippen LogP contribution in [0, 0.1) is 0 Å². The summed E-state index contributed by atoms with van der Waals surface area (Å²) in [5, 5.41) is 0. The molecule has 110 valence electrons. The molecule has 1 saturated heterocycles. The third-order valence-electron chi connectivity index (χ3n) is 4.04. The molecule has 2 atom stereocenters. The van der Waals surface area contributed by atoms with Gasteiger partial charge in [0.1, 0.15) is 5.76 Å². The molecule has 1 aromatic heterocycles. The van der Waals surface area contributed by atoms with Crippen LogP contribution >= 0.6 is 0 Å². The smallest absolute Gasteiger partial charge is 0.276 e. The number of amides is 1. The van der Waals surface area contributed by atoms with Crippen molar-refractivity contribution < 1.29 is 9.21 Å². The molecule has 2 aromatic rings. The average molecular weight is 285 g/mol. The Morgan fingerprint density at radius 3 is 2.86 bits per heavy atom. The van der Waals surface area contributed by atoms with E-state index in [0.717, 1.165) is 0 Å². The molecule has 21 heavy (non-hydrogen) atoms. The van der Waals surface area contributed by atoms with Gasteiger partial charge in [-0.3, -0.25) is 4.79 Å². The van der Waals surface area contributed by atoms with Gasteiger partial charge in [0.15, 0.2) is 12.1 Å². The summed E-state index contributed by atoms with van der Waals surface area (Å²) in [5.41, 5.74) is 7.82. The second kappa shape index (κ2) is 5.69. The molecule has 1 aliphatic rings. The highest BCUT2D eigenvalue weighted by atomic mass is 16.3. The summed E-state index contributed by atoms with van der Waals surface area (Å²) in [6, 6.07) is 10.1. The SMILES string of the molecule is CCc1ocnc1C(=O)N1C[C@@H](N)[C@H](c2ccccc2)C1. The van der Waals surface area contributed by atoms with Gasteiger partial charge < -0.3 is 15.1 Å². The first-order chi connectivity index (χ1) is 10.2. The minimum absolute atomic E-state index is 0.0478. The van der Waals surface area contributed by atoms with Crippen LogP contribution in [0.5, 0.6) is 0 Å². The van der Waals surface area contributed by atoms with Crippen molar-refractivity contribution in [3.05, 3.63) is 53.7 Å². The number of aryl methyl sites for hydroxylation is 1. The Kier molecular flexibility index (Phi) is 3.75. The number of rotatable bonds is 3. The van der Waals surface area contributed by atoms with Crippen molar-refractivity contribution in [2.45, 2.75) is 25.3 Å². The molecule has 5 heteroatoms. The maximum absolute atomic E-state index is 12.6. The zero-order valence-electron chi connectivity index (χ0n) is 12.0. The fourth-order valence-corrected chi connectivity index (χ4v) is 2.89. The second-order valence-corrected chi connectivity index (χ2v) is 5.37. The number of hydrogen-bond acceptors (Lipinski definition) is 4.